The molecule has 0 unspecified atom stereocenters. The predicted molar refractivity (Wildman–Crippen MR) is 121 cm³/mol. The molecule has 2 aromatic rings. The zero-order valence-corrected chi connectivity index (χ0v) is 21.3. The molecule has 1 atom stereocenters. The van der Waals surface area contributed by atoms with Crippen molar-refractivity contribution in [2.45, 2.75) is 31.8 Å². The molecular weight excluding hydrogens is 550 g/mol. The summed E-state index contributed by atoms with van der Waals surface area (Å²) in [5.41, 5.74) is 1.68. The summed E-state index contributed by atoms with van der Waals surface area (Å²) in [4.78, 5) is 21.4. The number of rotatable bonds is 10. The molecule has 2 N–H and O–H groups in total. The molecule has 3 rings (SSSR count). The number of pyridine rings is 2. The molecule has 0 spiro atoms. The smallest absolute Gasteiger partial charge is 0 e. The number of ether oxygens (including phenoxy) is 1. The van der Waals surface area contributed by atoms with Gasteiger partial charge in [-0.1, -0.05) is 17.9 Å². The van der Waals surface area contributed by atoms with Crippen LogP contribution in [-0.2, 0) is 45.4 Å². The molecule has 11 heteroatoms. The quantitative estimate of drug-likeness (QED) is 0.190. The van der Waals surface area contributed by atoms with E-state index in [1.165, 1.54) is 0 Å². The largest absolute Gasteiger partial charge is 0 e. The van der Waals surface area contributed by atoms with Crippen molar-refractivity contribution in [2.75, 3.05) is 26.2 Å². The first-order valence-electron chi connectivity index (χ1n) is 10.4. The van der Waals surface area contributed by atoms with Crippen molar-refractivity contribution >= 4 is 5.97 Å². The minimum absolute atomic E-state index is 0. The van der Waals surface area contributed by atoms with Gasteiger partial charge in [0.15, 0.2) is 0 Å². The van der Waals surface area contributed by atoms with E-state index >= 15 is 0 Å². The van der Waals surface area contributed by atoms with E-state index < -0.39 is 5.97 Å². The van der Waals surface area contributed by atoms with E-state index in [1.54, 1.807) is 18.6 Å². The molecule has 1 fully saturated rings. The maximum absolute atomic E-state index is 11.1. The molecule has 0 saturated carbocycles. The summed E-state index contributed by atoms with van der Waals surface area (Å²) in [7, 11) is 0. The zero-order chi connectivity index (χ0) is 26.3. The Labute approximate surface area is 224 Å². The number of carboxylic acids is 1. The third-order valence-electron chi connectivity index (χ3n) is 4.57. The van der Waals surface area contributed by atoms with E-state index in [1.807, 2.05) is 29.2 Å². The molecular formula is C25H26N4O6Tc. The normalized spacial score (nSPS) is 12.5. The van der Waals surface area contributed by atoms with Gasteiger partial charge in [-0.2, -0.15) is 0 Å². The van der Waals surface area contributed by atoms with Gasteiger partial charge >= 0.3 is 39.9 Å². The second kappa shape index (κ2) is 23.7. The van der Waals surface area contributed by atoms with Crippen molar-refractivity contribution < 1.29 is 48.7 Å². The van der Waals surface area contributed by atoms with Gasteiger partial charge in [0.2, 0.25) is 0 Å². The fraction of sp³-hybridized carbons (Fsp3) is 0.360. The van der Waals surface area contributed by atoms with Crippen LogP contribution in [0.15, 0.2) is 42.9 Å². The van der Waals surface area contributed by atoms with E-state index in [0.29, 0.717) is 32.2 Å². The molecule has 0 amide bonds. The molecule has 2 aromatic heterocycles. The maximum Gasteiger partial charge on any atom is 0 e. The topological polar surface area (TPSA) is 147 Å². The molecule has 1 radical (unpaired) electrons. The number of nitrogens with zero attached hydrogens (tertiary/aromatic N) is 3. The van der Waals surface area contributed by atoms with Crippen molar-refractivity contribution in [3.63, 3.8) is 0 Å². The molecule has 0 bridgehead atoms. The van der Waals surface area contributed by atoms with Crippen LogP contribution in [0.5, 0.6) is 5.75 Å². The SMILES string of the molecule is O=C(O)CN(CCCC#Cc1cncc(OC[C@@H]2CCN2)c1)Cc1ccccn1.[C-]#[O+].[C-]#[O+].[C-]#[O+].[Tc]. The average molecular weight is 577 g/mol. The Morgan fingerprint density at radius 3 is 2.53 bits per heavy atom. The third-order valence-corrected chi connectivity index (χ3v) is 4.57. The third kappa shape index (κ3) is 15.8. The van der Waals surface area contributed by atoms with Gasteiger partial charge in [-0.3, -0.25) is 19.7 Å². The molecule has 0 aromatic carbocycles. The summed E-state index contributed by atoms with van der Waals surface area (Å²) < 4.78 is 28.2. The van der Waals surface area contributed by atoms with Crippen molar-refractivity contribution in [3.8, 4) is 17.6 Å². The standard InChI is InChI=1S/C22H26N4O3.3CO.Tc/c27-22(28)16-26(15-19-7-3-4-9-24-19)11-5-1-2-6-18-12-21(14-23-13-18)29-17-20-8-10-25-20;3*1-2;/h3-4,7,9,12-14,20,25H,1,5,8,10-11,15-17H2,(H,27,28);;;;/t20-;;;;/m0..../s1. The molecule has 189 valence electrons. The van der Waals surface area contributed by atoms with Crippen LogP contribution in [0.4, 0.5) is 0 Å². The number of carbonyl (C=O) groups is 1. The van der Waals surface area contributed by atoms with Crippen LogP contribution in [0.2, 0.25) is 0 Å². The number of aliphatic carboxylic acids is 1. The van der Waals surface area contributed by atoms with E-state index in [4.69, 9.17) is 23.8 Å². The van der Waals surface area contributed by atoms with E-state index in [2.05, 4.69) is 47.1 Å². The van der Waals surface area contributed by atoms with Crippen molar-refractivity contribution in [1.82, 2.24) is 20.2 Å². The first-order chi connectivity index (χ1) is 17.2. The zero-order valence-electron chi connectivity index (χ0n) is 19.5. The molecule has 1 saturated heterocycles. The van der Waals surface area contributed by atoms with Crippen LogP contribution in [0.25, 0.3) is 0 Å². The van der Waals surface area contributed by atoms with E-state index in [-0.39, 0.29) is 26.7 Å². The number of carboxylic acid groups (broad SMARTS) is 1. The number of hydrogen-bond donors (Lipinski definition) is 2. The Kier molecular flexibility index (Phi) is 23.0. The van der Waals surface area contributed by atoms with Crippen LogP contribution < -0.4 is 10.1 Å². The Morgan fingerprint density at radius 1 is 1.22 bits per heavy atom. The number of nitrogens with one attached hydrogen (secondary N) is 1. The Morgan fingerprint density at radius 2 is 1.94 bits per heavy atom. The molecule has 0 aliphatic carbocycles. The van der Waals surface area contributed by atoms with Gasteiger partial charge in [0.1, 0.15) is 12.4 Å². The van der Waals surface area contributed by atoms with Gasteiger partial charge in [-0.15, -0.1) is 0 Å². The van der Waals surface area contributed by atoms with Gasteiger partial charge in [0.25, 0.3) is 0 Å². The second-order valence-electron chi connectivity index (χ2n) is 6.99. The summed E-state index contributed by atoms with van der Waals surface area (Å²) in [5.74, 6) is 6.14. The summed E-state index contributed by atoms with van der Waals surface area (Å²) in [6, 6.07) is 7.99. The summed E-state index contributed by atoms with van der Waals surface area (Å²) in [5, 5.41) is 12.4. The van der Waals surface area contributed by atoms with E-state index in [0.717, 1.165) is 36.4 Å². The van der Waals surface area contributed by atoms with Crippen molar-refractivity contribution in [2.24, 2.45) is 0 Å². The first kappa shape index (κ1) is 35.1. The fourth-order valence-corrected chi connectivity index (χ4v) is 2.94. The fourth-order valence-electron chi connectivity index (χ4n) is 2.94. The Bertz CT molecular complexity index is 970. The minimum Gasteiger partial charge on any atom is 0 e. The molecule has 10 nitrogen and oxygen atoms in total. The number of aromatic nitrogens is 2. The first-order valence-corrected chi connectivity index (χ1v) is 10.4. The predicted octanol–water partition coefficient (Wildman–Crippen LogP) is 1.82. The maximum atomic E-state index is 11.1. The minimum atomic E-state index is -0.841. The van der Waals surface area contributed by atoms with Crippen LogP contribution in [0.3, 0.4) is 0 Å². The van der Waals surface area contributed by atoms with E-state index in [9.17, 15) is 4.79 Å². The van der Waals surface area contributed by atoms with Gasteiger partial charge in [0.05, 0.1) is 18.4 Å². The van der Waals surface area contributed by atoms with Crippen LogP contribution in [0.1, 0.15) is 30.5 Å². The number of unbranched alkanes of at least 4 members (excludes halogenated alkanes) is 1. The molecule has 1 aliphatic rings. The Hall–Kier alpha value is -3.08. The van der Waals surface area contributed by atoms with Crippen molar-refractivity contribution in [3.05, 3.63) is 74.1 Å². The number of hydrogen-bond acceptors (Lipinski definition) is 6. The van der Waals surface area contributed by atoms with Crippen LogP contribution in [0, 0.1) is 31.8 Å². The monoisotopic (exact) mass is 575 g/mol. The van der Waals surface area contributed by atoms with Gasteiger partial charge in [0, 0.05) is 63.6 Å². The average Bonchev–Trinajstić information content (AvgIpc) is 2.87. The second-order valence-corrected chi connectivity index (χ2v) is 6.99. The van der Waals surface area contributed by atoms with Gasteiger partial charge in [-0.25, -0.2) is 0 Å². The van der Waals surface area contributed by atoms with Crippen LogP contribution >= 0.6 is 0 Å². The van der Waals surface area contributed by atoms with Crippen molar-refractivity contribution in [1.29, 1.82) is 0 Å². The summed E-state index contributed by atoms with van der Waals surface area (Å²) in [6.45, 7) is 16.4. The summed E-state index contributed by atoms with van der Waals surface area (Å²) in [6.07, 6.45) is 7.74. The van der Waals surface area contributed by atoms with Gasteiger partial charge < -0.3 is 15.2 Å². The molecule has 36 heavy (non-hydrogen) atoms. The molecule has 1 aliphatic heterocycles. The Balaban J connectivity index is 0. The molecule has 3 heterocycles. The van der Waals surface area contributed by atoms with Gasteiger partial charge in [-0.05, 0) is 37.6 Å². The van der Waals surface area contributed by atoms with Crippen LogP contribution in [-0.4, -0.2) is 58.2 Å². The summed E-state index contributed by atoms with van der Waals surface area (Å²) >= 11 is 0.